The van der Waals surface area contributed by atoms with Crippen molar-refractivity contribution in [3.63, 3.8) is 0 Å². The van der Waals surface area contributed by atoms with Crippen LogP contribution < -0.4 is 0 Å². The van der Waals surface area contributed by atoms with Crippen molar-refractivity contribution < 1.29 is 42.8 Å². The molecule has 5 nitrogen and oxygen atoms in total. The molecule has 10 aromatic rings. The Labute approximate surface area is 327 Å². The molecule has 7 aromatic carbocycles. The molecule has 234 valence electrons. The predicted octanol–water partition coefficient (Wildman–Crippen LogP) is 11.5. The standard InChI is InChI=1S/C45H28N4O/c1-2-11-30(12-3-1)43-46-44(48-45(47-43)33-25-26-38-37-17-6-9-20-41(37)50-42(38)28-33)31-23-21-29(22-24-31)32-13-10-14-34(27-32)49-39-18-7-4-15-35(39)36-16-5-8-19-40(36)49/h1-28H/i1D,2D,3D,4D,5D,6D,7D,8D,9D,10D,11D,12D,13D,14D,15D,16D,17D,18D,19D,20D,21D,22D,23D,24D,25D,26D,27D,28D. The zero-order chi connectivity index (χ0) is 57.4. The van der Waals surface area contributed by atoms with Gasteiger partial charge in [0.2, 0.25) is 0 Å². The second kappa shape index (κ2) is 11.4. The fourth-order valence-electron chi connectivity index (χ4n) is 5.25. The zero-order valence-corrected chi connectivity index (χ0v) is 24.7. The predicted molar refractivity (Wildman–Crippen MR) is 203 cm³/mol. The molecule has 5 heteroatoms. The smallest absolute Gasteiger partial charge is 0.164 e. The molecule has 0 saturated heterocycles. The molecule has 0 saturated carbocycles. The van der Waals surface area contributed by atoms with Crippen molar-refractivity contribution in [3.05, 3.63) is 169 Å². The lowest BCUT2D eigenvalue weighted by Crippen LogP contribution is -2.00. The molecule has 3 aromatic heterocycles. The monoisotopic (exact) mass is 668 g/mol. The quantitative estimate of drug-likeness (QED) is 0.183. The maximum absolute atomic E-state index is 9.58. The maximum Gasteiger partial charge on any atom is 0.164 e. The first-order valence-corrected chi connectivity index (χ1v) is 14.4. The highest BCUT2D eigenvalue weighted by molar-refractivity contribution is 6.09. The van der Waals surface area contributed by atoms with Gasteiger partial charge in [-0.2, -0.15) is 0 Å². The van der Waals surface area contributed by atoms with Gasteiger partial charge in [-0.1, -0.05) is 127 Å². The van der Waals surface area contributed by atoms with Crippen LogP contribution in [-0.4, -0.2) is 19.5 Å². The lowest BCUT2D eigenvalue weighted by Gasteiger charge is -2.11. The Kier molecular flexibility index (Phi) is 2.72. The van der Waals surface area contributed by atoms with Crippen molar-refractivity contribution in [1.29, 1.82) is 0 Å². The molecule has 50 heavy (non-hydrogen) atoms. The highest BCUT2D eigenvalue weighted by atomic mass is 16.3. The molecule has 0 radical (unpaired) electrons. The van der Waals surface area contributed by atoms with Crippen LogP contribution >= 0.6 is 0 Å². The number of nitrogens with zero attached hydrogens (tertiary/aromatic N) is 4. The zero-order valence-electron chi connectivity index (χ0n) is 52.7. The van der Waals surface area contributed by atoms with Crippen molar-refractivity contribution in [2.45, 2.75) is 0 Å². The van der Waals surface area contributed by atoms with E-state index in [1.807, 2.05) is 0 Å². The summed E-state index contributed by atoms with van der Waals surface area (Å²) in [7, 11) is 0. The maximum atomic E-state index is 9.58. The molecule has 0 aliphatic rings. The summed E-state index contributed by atoms with van der Waals surface area (Å²) in [6, 6.07) is -24.9. The van der Waals surface area contributed by atoms with Gasteiger partial charge < -0.3 is 8.98 Å². The minimum Gasteiger partial charge on any atom is -0.456 e. The largest absolute Gasteiger partial charge is 0.456 e. The molecule has 0 N–H and O–H groups in total. The summed E-state index contributed by atoms with van der Waals surface area (Å²) in [4.78, 5) is 12.8. The van der Waals surface area contributed by atoms with Crippen molar-refractivity contribution in [2.24, 2.45) is 0 Å². The van der Waals surface area contributed by atoms with Crippen molar-refractivity contribution >= 4 is 43.7 Å². The van der Waals surface area contributed by atoms with Gasteiger partial charge >= 0.3 is 0 Å². The van der Waals surface area contributed by atoms with Crippen molar-refractivity contribution in [2.75, 3.05) is 0 Å². The second-order valence-electron chi connectivity index (χ2n) is 10.3. The van der Waals surface area contributed by atoms with Crippen LogP contribution in [0.1, 0.15) is 38.4 Å². The average Bonchev–Trinajstić information content (AvgIpc) is 3.94. The van der Waals surface area contributed by atoms with Gasteiger partial charge in [0.05, 0.1) is 49.4 Å². The van der Waals surface area contributed by atoms with E-state index < -0.39 is 259 Å². The normalized spacial score (nSPS) is 19.4. The van der Waals surface area contributed by atoms with Crippen LogP contribution in [0.15, 0.2) is 174 Å². The lowest BCUT2D eigenvalue weighted by molar-refractivity contribution is 0.669. The molecule has 0 aliphatic heterocycles. The summed E-state index contributed by atoms with van der Waals surface area (Å²) in [6.07, 6.45) is 0. The van der Waals surface area contributed by atoms with E-state index >= 15 is 0 Å². The first-order valence-electron chi connectivity index (χ1n) is 28.4. The third-order valence-corrected chi connectivity index (χ3v) is 7.43. The Balaban J connectivity index is 1.30. The van der Waals surface area contributed by atoms with Gasteiger partial charge in [0, 0.05) is 43.9 Å². The summed E-state index contributed by atoms with van der Waals surface area (Å²) >= 11 is 0. The van der Waals surface area contributed by atoms with E-state index in [4.69, 9.17) is 34.6 Å². The van der Waals surface area contributed by atoms with Gasteiger partial charge in [-0.05, 0) is 53.4 Å². The van der Waals surface area contributed by atoms with Crippen LogP contribution in [-0.2, 0) is 0 Å². The number of rotatable bonds is 5. The minimum absolute atomic E-state index is 0.348. The number of hydrogen-bond acceptors (Lipinski definition) is 4. The molecule has 0 spiro atoms. The second-order valence-corrected chi connectivity index (χ2v) is 10.3. The van der Waals surface area contributed by atoms with E-state index in [1.165, 1.54) is 0 Å². The molecule has 3 heterocycles. The topological polar surface area (TPSA) is 56.7 Å². The third kappa shape index (κ3) is 4.67. The first kappa shape index (κ1) is 11.9. The summed E-state index contributed by atoms with van der Waals surface area (Å²) in [5.41, 5.74) is -7.15. The number of hydrogen-bond donors (Lipinski definition) is 0. The van der Waals surface area contributed by atoms with Gasteiger partial charge in [0.1, 0.15) is 11.2 Å². The minimum atomic E-state index is -1.10. The van der Waals surface area contributed by atoms with Crippen LogP contribution in [0.3, 0.4) is 0 Å². The highest BCUT2D eigenvalue weighted by Crippen LogP contribution is 2.35. The molecule has 0 atom stereocenters. The molecule has 10 rings (SSSR count). The Morgan fingerprint density at radius 3 is 1.62 bits per heavy atom. The van der Waals surface area contributed by atoms with E-state index in [0.29, 0.717) is 0 Å². The number of aromatic nitrogens is 4. The van der Waals surface area contributed by atoms with Crippen molar-refractivity contribution in [1.82, 2.24) is 19.5 Å². The Hall–Kier alpha value is -6.85. The number of para-hydroxylation sites is 3. The van der Waals surface area contributed by atoms with Gasteiger partial charge in [-0.15, -0.1) is 0 Å². The van der Waals surface area contributed by atoms with E-state index in [0.717, 1.165) is 4.57 Å². The van der Waals surface area contributed by atoms with Gasteiger partial charge in [0.25, 0.3) is 0 Å². The van der Waals surface area contributed by atoms with Crippen LogP contribution in [0.5, 0.6) is 0 Å². The van der Waals surface area contributed by atoms with Gasteiger partial charge in [-0.25, -0.2) is 15.0 Å². The van der Waals surface area contributed by atoms with Crippen LogP contribution in [0.2, 0.25) is 0 Å². The lowest BCUT2D eigenvalue weighted by atomic mass is 10.0. The summed E-state index contributed by atoms with van der Waals surface area (Å²) in [6.45, 7) is 0. The molecular weight excluding hydrogens is 613 g/mol. The Morgan fingerprint density at radius 2 is 0.900 bits per heavy atom. The van der Waals surface area contributed by atoms with E-state index in [2.05, 4.69) is 15.0 Å². The molecule has 0 amide bonds. The molecule has 0 aliphatic carbocycles. The van der Waals surface area contributed by atoms with Gasteiger partial charge in [0.15, 0.2) is 17.5 Å². The SMILES string of the molecule is [2H]c1c([2H])c([2H])c(-c2nc(-c3c([2H])c([2H])c(-c4c([2H])c([2H])c([2H])c(-n5c6c([2H])c([2H])c([2H])c([2H])c6c6c([2H])c([2H])c([2H])c([2H])c65)c4[2H])c([2H])c3[2H])nc(-c3c([2H])c([2H])c4c(oc5c([2H])c([2H])c([2H])c([2H])c54)c3[2H])n2)c([2H])c1[2H]. The van der Waals surface area contributed by atoms with Crippen LogP contribution in [0.4, 0.5) is 0 Å². The fourth-order valence-corrected chi connectivity index (χ4v) is 5.25. The van der Waals surface area contributed by atoms with Crippen LogP contribution in [0.25, 0.3) is 94.7 Å². The van der Waals surface area contributed by atoms with E-state index in [1.54, 1.807) is 0 Å². The molecule has 0 bridgehead atoms. The molecule has 0 fully saturated rings. The first-order chi connectivity index (χ1) is 36.4. The molecular formula is C45H28N4O. The van der Waals surface area contributed by atoms with Gasteiger partial charge in [-0.3, -0.25) is 0 Å². The summed E-state index contributed by atoms with van der Waals surface area (Å²) in [5, 5.41) is -1.69. The fraction of sp³-hybridized carbons (Fsp3) is 0. The van der Waals surface area contributed by atoms with E-state index in [-0.39, 0.29) is 5.39 Å². The number of fused-ring (bicyclic) bond motifs is 6. The summed E-state index contributed by atoms with van der Waals surface area (Å²) in [5.74, 6) is -2.55. The van der Waals surface area contributed by atoms with E-state index in [9.17, 15) is 8.22 Å². The average molecular weight is 669 g/mol. The third-order valence-electron chi connectivity index (χ3n) is 7.43. The highest BCUT2D eigenvalue weighted by Gasteiger charge is 2.16. The Bertz CT molecular complexity index is 4360. The Morgan fingerprint density at radius 1 is 0.380 bits per heavy atom. The molecule has 0 unspecified atom stereocenters. The number of benzene rings is 7. The van der Waals surface area contributed by atoms with Crippen molar-refractivity contribution in [3.8, 4) is 51.0 Å². The van der Waals surface area contributed by atoms with Crippen LogP contribution in [0, 0.1) is 0 Å². The number of furan rings is 1. The summed E-state index contributed by atoms with van der Waals surface area (Å²) < 4.78 is 253.